The zero-order chi connectivity index (χ0) is 14.4. The van der Waals surface area contributed by atoms with Gasteiger partial charge in [0.1, 0.15) is 6.61 Å². The Balaban J connectivity index is 1.91. The quantitative estimate of drug-likeness (QED) is 0.808. The second-order valence-electron chi connectivity index (χ2n) is 4.67. The van der Waals surface area contributed by atoms with Crippen molar-refractivity contribution in [3.63, 3.8) is 0 Å². The zero-order valence-electron chi connectivity index (χ0n) is 12.0. The van der Waals surface area contributed by atoms with Crippen LogP contribution in [-0.4, -0.2) is 48.6 Å². The number of carbonyl (C=O) groups is 1. The van der Waals surface area contributed by atoms with Crippen molar-refractivity contribution in [1.29, 1.82) is 0 Å². The van der Waals surface area contributed by atoms with Crippen LogP contribution in [0.4, 0.5) is 0 Å². The van der Waals surface area contributed by atoms with Crippen molar-refractivity contribution in [2.45, 2.75) is 19.4 Å². The smallest absolute Gasteiger partial charge is 0.223 e. The van der Waals surface area contributed by atoms with E-state index in [4.69, 9.17) is 9.47 Å². The monoisotopic (exact) mass is 295 g/mol. The van der Waals surface area contributed by atoms with Crippen LogP contribution in [0.1, 0.15) is 13.3 Å². The Kier molecular flexibility index (Phi) is 5.59. The van der Waals surface area contributed by atoms with Gasteiger partial charge in [0.25, 0.3) is 0 Å². The molecule has 5 heteroatoms. The van der Waals surface area contributed by atoms with Crippen molar-refractivity contribution in [3.8, 4) is 11.5 Å². The molecule has 0 fully saturated rings. The summed E-state index contributed by atoms with van der Waals surface area (Å²) in [5.74, 6) is 2.58. The molecule has 1 aromatic rings. The van der Waals surface area contributed by atoms with Gasteiger partial charge in [-0.1, -0.05) is 12.1 Å². The average molecular weight is 295 g/mol. The Morgan fingerprint density at radius 3 is 2.85 bits per heavy atom. The van der Waals surface area contributed by atoms with E-state index in [0.717, 1.165) is 17.3 Å². The van der Waals surface area contributed by atoms with E-state index in [2.05, 4.69) is 0 Å². The number of carbonyl (C=O) groups excluding carboxylic acids is 1. The standard InChI is InChI=1S/C15H21NO3S/c1-3-16(15(17)8-9-20-2)10-12-11-18-13-6-4-5-7-14(13)19-12/h4-7,12H,3,8-11H2,1-2H3. The number of rotatable bonds is 6. The fraction of sp³-hybridized carbons (Fsp3) is 0.533. The number of para-hydroxylation sites is 2. The van der Waals surface area contributed by atoms with Crippen molar-refractivity contribution in [2.75, 3.05) is 31.7 Å². The lowest BCUT2D eigenvalue weighted by atomic mass is 10.2. The maximum absolute atomic E-state index is 12.1. The van der Waals surface area contributed by atoms with Crippen LogP contribution in [-0.2, 0) is 4.79 Å². The number of benzene rings is 1. The summed E-state index contributed by atoms with van der Waals surface area (Å²) in [6.07, 6.45) is 2.50. The number of ether oxygens (including phenoxy) is 2. The van der Waals surface area contributed by atoms with Gasteiger partial charge in [-0.2, -0.15) is 11.8 Å². The molecule has 0 saturated heterocycles. The van der Waals surface area contributed by atoms with E-state index in [-0.39, 0.29) is 12.0 Å². The molecule has 110 valence electrons. The number of fused-ring (bicyclic) bond motifs is 1. The molecule has 0 radical (unpaired) electrons. The Hall–Kier alpha value is -1.36. The van der Waals surface area contributed by atoms with Gasteiger partial charge in [0, 0.05) is 18.7 Å². The van der Waals surface area contributed by atoms with Crippen molar-refractivity contribution in [2.24, 2.45) is 0 Å². The number of likely N-dealkylation sites (N-methyl/N-ethyl adjacent to an activating group) is 1. The molecular formula is C15H21NO3S. The molecule has 1 aliphatic heterocycles. The van der Waals surface area contributed by atoms with Crippen LogP contribution in [0.25, 0.3) is 0 Å². The maximum atomic E-state index is 12.1. The van der Waals surface area contributed by atoms with E-state index < -0.39 is 0 Å². The van der Waals surface area contributed by atoms with Crippen LogP contribution in [0.3, 0.4) is 0 Å². The minimum atomic E-state index is -0.0944. The summed E-state index contributed by atoms with van der Waals surface area (Å²) in [6, 6.07) is 7.64. The molecule has 2 rings (SSSR count). The second-order valence-corrected chi connectivity index (χ2v) is 5.66. The summed E-state index contributed by atoms with van der Waals surface area (Å²) in [4.78, 5) is 13.9. The molecule has 1 aromatic carbocycles. The topological polar surface area (TPSA) is 38.8 Å². The first-order valence-electron chi connectivity index (χ1n) is 6.89. The Morgan fingerprint density at radius 1 is 1.40 bits per heavy atom. The molecule has 20 heavy (non-hydrogen) atoms. The third kappa shape index (κ3) is 3.82. The van der Waals surface area contributed by atoms with Gasteiger partial charge in [0.2, 0.25) is 5.91 Å². The SMILES string of the molecule is CCN(CC1COc2ccccc2O1)C(=O)CCSC. The van der Waals surface area contributed by atoms with Crippen LogP contribution in [0.5, 0.6) is 11.5 Å². The normalized spacial score (nSPS) is 16.8. The third-order valence-electron chi connectivity index (χ3n) is 3.25. The summed E-state index contributed by atoms with van der Waals surface area (Å²) in [6.45, 7) is 3.77. The van der Waals surface area contributed by atoms with Crippen LogP contribution >= 0.6 is 11.8 Å². The fourth-order valence-electron chi connectivity index (χ4n) is 2.15. The summed E-state index contributed by atoms with van der Waals surface area (Å²) >= 11 is 1.69. The van der Waals surface area contributed by atoms with E-state index in [1.807, 2.05) is 42.3 Å². The molecule has 0 N–H and O–H groups in total. The lowest BCUT2D eigenvalue weighted by Gasteiger charge is -2.31. The number of nitrogens with zero attached hydrogens (tertiary/aromatic N) is 1. The Morgan fingerprint density at radius 2 is 2.15 bits per heavy atom. The van der Waals surface area contributed by atoms with E-state index in [1.54, 1.807) is 11.8 Å². The second kappa shape index (κ2) is 7.43. The summed E-state index contributed by atoms with van der Waals surface area (Å²) in [5, 5.41) is 0. The lowest BCUT2D eigenvalue weighted by molar-refractivity contribution is -0.132. The van der Waals surface area contributed by atoms with Gasteiger partial charge < -0.3 is 14.4 Å². The minimum Gasteiger partial charge on any atom is -0.486 e. The summed E-state index contributed by atoms with van der Waals surface area (Å²) < 4.78 is 11.6. The highest BCUT2D eigenvalue weighted by Crippen LogP contribution is 2.31. The van der Waals surface area contributed by atoms with Crippen LogP contribution < -0.4 is 9.47 Å². The largest absolute Gasteiger partial charge is 0.486 e. The van der Waals surface area contributed by atoms with Gasteiger partial charge in [0.05, 0.1) is 6.54 Å². The molecular weight excluding hydrogens is 274 g/mol. The van der Waals surface area contributed by atoms with Gasteiger partial charge in [-0.05, 0) is 25.3 Å². The third-order valence-corrected chi connectivity index (χ3v) is 3.86. The zero-order valence-corrected chi connectivity index (χ0v) is 12.8. The van der Waals surface area contributed by atoms with Crippen LogP contribution in [0.2, 0.25) is 0 Å². The minimum absolute atomic E-state index is 0.0944. The van der Waals surface area contributed by atoms with E-state index >= 15 is 0 Å². The van der Waals surface area contributed by atoms with E-state index in [1.165, 1.54) is 0 Å². The van der Waals surface area contributed by atoms with Crippen LogP contribution in [0.15, 0.2) is 24.3 Å². The summed E-state index contributed by atoms with van der Waals surface area (Å²) in [5.41, 5.74) is 0. The Labute approximate surface area is 124 Å². The molecule has 1 heterocycles. The molecule has 0 aromatic heterocycles. The van der Waals surface area contributed by atoms with E-state index in [0.29, 0.717) is 26.1 Å². The molecule has 1 aliphatic rings. The molecule has 0 aliphatic carbocycles. The summed E-state index contributed by atoms with van der Waals surface area (Å²) in [7, 11) is 0. The van der Waals surface area contributed by atoms with Crippen LogP contribution in [0, 0.1) is 0 Å². The predicted octanol–water partition coefficient (Wildman–Crippen LogP) is 2.43. The van der Waals surface area contributed by atoms with Crippen molar-refractivity contribution >= 4 is 17.7 Å². The van der Waals surface area contributed by atoms with E-state index in [9.17, 15) is 4.79 Å². The lowest BCUT2D eigenvalue weighted by Crippen LogP contribution is -2.43. The van der Waals surface area contributed by atoms with Gasteiger partial charge in [0.15, 0.2) is 17.6 Å². The first kappa shape index (κ1) is 15.0. The number of thioether (sulfide) groups is 1. The highest BCUT2D eigenvalue weighted by atomic mass is 32.2. The highest BCUT2D eigenvalue weighted by molar-refractivity contribution is 7.98. The number of hydrogen-bond acceptors (Lipinski definition) is 4. The fourth-order valence-corrected chi connectivity index (χ4v) is 2.53. The average Bonchev–Trinajstić information content (AvgIpc) is 2.50. The first-order valence-corrected chi connectivity index (χ1v) is 8.29. The number of amides is 1. The molecule has 0 bridgehead atoms. The Bertz CT molecular complexity index is 452. The van der Waals surface area contributed by atoms with Gasteiger partial charge in [-0.25, -0.2) is 0 Å². The molecule has 1 amide bonds. The van der Waals surface area contributed by atoms with Gasteiger partial charge in [-0.15, -0.1) is 0 Å². The van der Waals surface area contributed by atoms with Crippen molar-refractivity contribution in [1.82, 2.24) is 4.90 Å². The number of hydrogen-bond donors (Lipinski definition) is 0. The molecule has 1 atom stereocenters. The maximum Gasteiger partial charge on any atom is 0.223 e. The molecule has 0 saturated carbocycles. The molecule has 0 spiro atoms. The van der Waals surface area contributed by atoms with Crippen molar-refractivity contribution in [3.05, 3.63) is 24.3 Å². The predicted molar refractivity (Wildman–Crippen MR) is 81.6 cm³/mol. The van der Waals surface area contributed by atoms with Gasteiger partial charge in [-0.3, -0.25) is 4.79 Å². The molecule has 1 unspecified atom stereocenters. The first-order chi connectivity index (χ1) is 9.74. The molecule has 4 nitrogen and oxygen atoms in total. The highest BCUT2D eigenvalue weighted by Gasteiger charge is 2.24. The van der Waals surface area contributed by atoms with Gasteiger partial charge >= 0.3 is 0 Å². The van der Waals surface area contributed by atoms with Crippen molar-refractivity contribution < 1.29 is 14.3 Å².